The van der Waals surface area contributed by atoms with Gasteiger partial charge in [-0.1, -0.05) is 6.07 Å². The Hall–Kier alpha value is -1.82. The topological polar surface area (TPSA) is 54.9 Å². The molecule has 1 amide bonds. The lowest BCUT2D eigenvalue weighted by Crippen LogP contribution is -2.24. The molecule has 0 unspecified atom stereocenters. The van der Waals surface area contributed by atoms with Crippen LogP contribution in [0.15, 0.2) is 41.3 Å². The molecule has 0 spiro atoms. The number of hydrogen-bond donors (Lipinski definition) is 1. The lowest BCUT2D eigenvalue weighted by molar-refractivity contribution is 0.0946. The molecule has 0 aliphatic carbocycles. The Kier molecular flexibility index (Phi) is 3.99. The fourth-order valence-electron chi connectivity index (χ4n) is 1.37. The number of amides is 1. The second-order valence-corrected chi connectivity index (χ2v) is 4.34. The van der Waals surface area contributed by atoms with Crippen molar-refractivity contribution in [2.75, 3.05) is 0 Å². The zero-order valence-corrected chi connectivity index (χ0v) is 10.8. The van der Waals surface area contributed by atoms with E-state index in [0.29, 0.717) is 5.69 Å². The van der Waals surface area contributed by atoms with E-state index >= 15 is 0 Å². The van der Waals surface area contributed by atoms with Gasteiger partial charge in [0.1, 0.15) is 12.1 Å². The van der Waals surface area contributed by atoms with Crippen molar-refractivity contribution in [3.8, 4) is 0 Å². The number of halogens is 2. The molecule has 2 aromatic rings. The highest BCUT2D eigenvalue weighted by Gasteiger charge is 2.13. The smallest absolute Gasteiger partial charge is 0.254 e. The monoisotopic (exact) mass is 309 g/mol. The van der Waals surface area contributed by atoms with Crippen LogP contribution in [0.3, 0.4) is 0 Å². The van der Waals surface area contributed by atoms with Gasteiger partial charge in [0.15, 0.2) is 0 Å². The van der Waals surface area contributed by atoms with Crippen LogP contribution in [0.5, 0.6) is 0 Å². The predicted molar refractivity (Wildman–Crippen MR) is 67.3 cm³/mol. The minimum Gasteiger partial charge on any atom is -0.346 e. The van der Waals surface area contributed by atoms with Gasteiger partial charge >= 0.3 is 0 Å². The molecule has 1 N–H and O–H groups in total. The summed E-state index contributed by atoms with van der Waals surface area (Å²) in [6, 6.07) is 6.25. The first kappa shape index (κ1) is 12.6. The molecule has 0 aliphatic rings. The quantitative estimate of drug-likeness (QED) is 0.946. The van der Waals surface area contributed by atoms with Gasteiger partial charge in [-0.3, -0.25) is 4.79 Å². The fourth-order valence-corrected chi connectivity index (χ4v) is 1.73. The number of benzene rings is 1. The second-order valence-electron chi connectivity index (χ2n) is 3.48. The second kappa shape index (κ2) is 5.68. The minimum atomic E-state index is -0.572. The van der Waals surface area contributed by atoms with Crippen molar-refractivity contribution < 1.29 is 9.18 Å². The molecule has 1 aromatic heterocycles. The summed E-state index contributed by atoms with van der Waals surface area (Å²) in [5.41, 5.74) is 0.659. The van der Waals surface area contributed by atoms with E-state index in [1.54, 1.807) is 18.3 Å². The number of carbonyl (C=O) groups is 1. The first-order valence-corrected chi connectivity index (χ1v) is 5.95. The summed E-state index contributed by atoms with van der Waals surface area (Å²) in [5, 5.41) is 2.59. The fraction of sp³-hybridized carbons (Fsp3) is 0.0833. The first-order chi connectivity index (χ1) is 8.68. The molecule has 2 rings (SSSR count). The molecular formula is C12H9BrFN3O. The van der Waals surface area contributed by atoms with Gasteiger partial charge < -0.3 is 5.32 Å². The van der Waals surface area contributed by atoms with Gasteiger partial charge in [0.25, 0.3) is 5.91 Å². The third-order valence-corrected chi connectivity index (χ3v) is 2.88. The molecule has 1 aromatic carbocycles. The zero-order chi connectivity index (χ0) is 13.0. The summed E-state index contributed by atoms with van der Waals surface area (Å²) in [6.07, 6.45) is 2.97. The van der Waals surface area contributed by atoms with Crippen molar-refractivity contribution in [3.05, 3.63) is 58.3 Å². The van der Waals surface area contributed by atoms with Gasteiger partial charge in [0.05, 0.1) is 22.3 Å². The molecule has 0 aliphatic heterocycles. The van der Waals surface area contributed by atoms with Crippen LogP contribution in [-0.2, 0) is 6.54 Å². The normalized spacial score (nSPS) is 10.1. The van der Waals surface area contributed by atoms with Crippen molar-refractivity contribution in [1.82, 2.24) is 15.3 Å². The van der Waals surface area contributed by atoms with Crippen LogP contribution < -0.4 is 5.32 Å². The summed E-state index contributed by atoms with van der Waals surface area (Å²) >= 11 is 3.03. The number of nitrogens with zero attached hydrogens (tertiary/aromatic N) is 2. The number of hydrogen-bond acceptors (Lipinski definition) is 3. The molecule has 0 bridgehead atoms. The molecule has 92 valence electrons. The maximum atomic E-state index is 13.6. The Balaban J connectivity index is 2.07. The van der Waals surface area contributed by atoms with Gasteiger partial charge in [-0.15, -0.1) is 0 Å². The van der Waals surface area contributed by atoms with Gasteiger partial charge in [-0.2, -0.15) is 0 Å². The number of nitrogens with one attached hydrogen (secondary N) is 1. The summed E-state index contributed by atoms with van der Waals surface area (Å²) in [5.74, 6) is -1.05. The van der Waals surface area contributed by atoms with Crippen LogP contribution in [0.25, 0.3) is 0 Å². The van der Waals surface area contributed by atoms with Crippen molar-refractivity contribution in [1.29, 1.82) is 0 Å². The van der Waals surface area contributed by atoms with Gasteiger partial charge in [-0.05, 0) is 34.1 Å². The van der Waals surface area contributed by atoms with E-state index in [-0.39, 0.29) is 16.6 Å². The summed E-state index contributed by atoms with van der Waals surface area (Å²) in [4.78, 5) is 19.5. The molecule has 0 saturated carbocycles. The Bertz CT molecular complexity index is 563. The molecule has 0 radical (unpaired) electrons. The third-order valence-electron chi connectivity index (χ3n) is 2.27. The van der Waals surface area contributed by atoms with Gasteiger partial charge in [0.2, 0.25) is 0 Å². The van der Waals surface area contributed by atoms with Crippen LogP contribution >= 0.6 is 15.9 Å². The van der Waals surface area contributed by atoms with E-state index in [4.69, 9.17) is 0 Å². The van der Waals surface area contributed by atoms with Crippen LogP contribution in [0, 0.1) is 5.82 Å². The van der Waals surface area contributed by atoms with E-state index in [1.807, 2.05) is 0 Å². The van der Waals surface area contributed by atoms with E-state index in [2.05, 4.69) is 31.2 Å². The van der Waals surface area contributed by atoms with Crippen LogP contribution in [-0.4, -0.2) is 15.9 Å². The van der Waals surface area contributed by atoms with Crippen molar-refractivity contribution in [2.45, 2.75) is 6.54 Å². The number of aromatic nitrogens is 2. The highest BCUT2D eigenvalue weighted by atomic mass is 79.9. The number of rotatable bonds is 3. The van der Waals surface area contributed by atoms with Crippen LogP contribution in [0.2, 0.25) is 0 Å². The molecule has 1 heterocycles. The molecular weight excluding hydrogens is 301 g/mol. The average Bonchev–Trinajstić information content (AvgIpc) is 2.40. The summed E-state index contributed by atoms with van der Waals surface area (Å²) in [7, 11) is 0. The van der Waals surface area contributed by atoms with Gasteiger partial charge in [-0.25, -0.2) is 14.4 Å². The van der Waals surface area contributed by atoms with Crippen molar-refractivity contribution in [2.24, 2.45) is 0 Å². The highest BCUT2D eigenvalue weighted by Crippen LogP contribution is 2.18. The maximum Gasteiger partial charge on any atom is 0.254 e. The summed E-state index contributed by atoms with van der Waals surface area (Å²) < 4.78 is 13.9. The molecule has 6 heteroatoms. The van der Waals surface area contributed by atoms with E-state index in [1.165, 1.54) is 18.5 Å². The SMILES string of the molecule is O=C(NCc1ccncn1)c1cccc(Br)c1F. The highest BCUT2D eigenvalue weighted by molar-refractivity contribution is 9.10. The van der Waals surface area contributed by atoms with Gasteiger partial charge in [0, 0.05) is 6.20 Å². The molecule has 18 heavy (non-hydrogen) atoms. The standard InChI is InChI=1S/C12H9BrFN3O/c13-10-3-1-2-9(11(10)14)12(18)16-6-8-4-5-15-7-17-8/h1-5,7H,6H2,(H,16,18). The molecule has 0 saturated heterocycles. The average molecular weight is 310 g/mol. The summed E-state index contributed by atoms with van der Waals surface area (Å²) in [6.45, 7) is 0.229. The lowest BCUT2D eigenvalue weighted by atomic mass is 10.2. The predicted octanol–water partition coefficient (Wildman–Crippen LogP) is 2.31. The van der Waals surface area contributed by atoms with E-state index in [0.717, 1.165) is 0 Å². The number of carbonyl (C=O) groups excluding carboxylic acids is 1. The van der Waals surface area contributed by atoms with E-state index in [9.17, 15) is 9.18 Å². The largest absolute Gasteiger partial charge is 0.346 e. The Morgan fingerprint density at radius 2 is 2.22 bits per heavy atom. The molecule has 0 fully saturated rings. The third kappa shape index (κ3) is 2.89. The zero-order valence-electron chi connectivity index (χ0n) is 9.23. The first-order valence-electron chi connectivity index (χ1n) is 5.15. The van der Waals surface area contributed by atoms with E-state index < -0.39 is 11.7 Å². The van der Waals surface area contributed by atoms with Crippen molar-refractivity contribution >= 4 is 21.8 Å². The van der Waals surface area contributed by atoms with Crippen LogP contribution in [0.4, 0.5) is 4.39 Å². The lowest BCUT2D eigenvalue weighted by Gasteiger charge is -2.06. The Labute approximate surface area is 111 Å². The molecule has 0 atom stereocenters. The Morgan fingerprint density at radius 1 is 1.39 bits per heavy atom. The Morgan fingerprint density at radius 3 is 2.94 bits per heavy atom. The maximum absolute atomic E-state index is 13.6. The molecule has 4 nitrogen and oxygen atoms in total. The minimum absolute atomic E-state index is 0.00145. The van der Waals surface area contributed by atoms with Crippen molar-refractivity contribution in [3.63, 3.8) is 0 Å². The van der Waals surface area contributed by atoms with Crippen LogP contribution in [0.1, 0.15) is 16.1 Å².